The van der Waals surface area contributed by atoms with Crippen LogP contribution in [0.4, 0.5) is 0 Å². The molecule has 0 fully saturated rings. The van der Waals surface area contributed by atoms with Crippen LogP contribution >= 0.6 is 0 Å². The van der Waals surface area contributed by atoms with Gasteiger partial charge in [0.05, 0.1) is 12.7 Å². The van der Waals surface area contributed by atoms with Crippen molar-refractivity contribution in [2.45, 2.75) is 6.73 Å². The van der Waals surface area contributed by atoms with Gasteiger partial charge in [0.25, 0.3) is 0 Å². The van der Waals surface area contributed by atoms with Crippen molar-refractivity contribution >= 4 is 17.3 Å². The Morgan fingerprint density at radius 1 is 1.60 bits per heavy atom. The van der Waals surface area contributed by atoms with Crippen LogP contribution < -0.4 is 4.74 Å². The Bertz CT molecular complexity index is 507. The van der Waals surface area contributed by atoms with E-state index in [1.165, 1.54) is 24.2 Å². The molecule has 2 aromatic heterocycles. The van der Waals surface area contributed by atoms with E-state index in [1.807, 2.05) is 0 Å². The van der Waals surface area contributed by atoms with E-state index in [1.54, 1.807) is 0 Å². The zero-order valence-corrected chi connectivity index (χ0v) is 8.04. The fraction of sp³-hybridized carbons (Fsp3) is 0.222. The quantitative estimate of drug-likeness (QED) is 0.727. The Balaban J connectivity index is 2.84. The maximum Gasteiger partial charge on any atom is 0.241 e. The molecule has 0 atom stereocenters. The number of carbonyl (C=O) groups excluding carboxylic acids is 1. The second-order valence-electron chi connectivity index (χ2n) is 2.89. The summed E-state index contributed by atoms with van der Waals surface area (Å²) < 4.78 is 6.49. The van der Waals surface area contributed by atoms with E-state index in [-0.39, 0.29) is 6.73 Å². The van der Waals surface area contributed by atoms with Gasteiger partial charge >= 0.3 is 0 Å². The summed E-state index contributed by atoms with van der Waals surface area (Å²) in [5.41, 5.74) is 1.40. The van der Waals surface area contributed by atoms with Gasteiger partial charge in [0, 0.05) is 6.20 Å². The molecule has 0 spiro atoms. The van der Waals surface area contributed by atoms with E-state index in [0.29, 0.717) is 28.8 Å². The Morgan fingerprint density at radius 2 is 2.40 bits per heavy atom. The highest BCUT2D eigenvalue weighted by Gasteiger charge is 2.13. The molecule has 2 rings (SSSR count). The van der Waals surface area contributed by atoms with Crippen molar-refractivity contribution in [2.24, 2.45) is 0 Å². The van der Waals surface area contributed by atoms with Crippen LogP contribution in [0, 0.1) is 0 Å². The highest BCUT2D eigenvalue weighted by atomic mass is 16.5. The van der Waals surface area contributed by atoms with Gasteiger partial charge in [-0.15, -0.1) is 0 Å². The first-order valence-electron chi connectivity index (χ1n) is 4.25. The van der Waals surface area contributed by atoms with Gasteiger partial charge in [0.15, 0.2) is 6.29 Å². The van der Waals surface area contributed by atoms with E-state index in [2.05, 4.69) is 9.97 Å². The van der Waals surface area contributed by atoms with Crippen molar-refractivity contribution in [3.05, 3.63) is 18.1 Å². The molecule has 0 unspecified atom stereocenters. The van der Waals surface area contributed by atoms with Crippen LogP contribution in [-0.2, 0) is 6.73 Å². The monoisotopic (exact) mass is 207 g/mol. The lowest BCUT2D eigenvalue weighted by atomic mass is 10.3. The standard InChI is InChI=1S/C9H9N3O3/c1-15-9-8-7(10-4-11-9)6(3-13)2-12(8)5-14/h2-4,14H,5H2,1H3. The van der Waals surface area contributed by atoms with Crippen LogP contribution in [0.3, 0.4) is 0 Å². The Morgan fingerprint density at radius 3 is 3.00 bits per heavy atom. The minimum absolute atomic E-state index is 0.256. The predicted octanol–water partition coefficient (Wildman–Crippen LogP) is 0.202. The van der Waals surface area contributed by atoms with Crippen molar-refractivity contribution in [3.63, 3.8) is 0 Å². The molecule has 0 saturated heterocycles. The first-order valence-corrected chi connectivity index (χ1v) is 4.25. The molecule has 6 nitrogen and oxygen atoms in total. The van der Waals surface area contributed by atoms with Gasteiger partial charge in [-0.2, -0.15) is 4.98 Å². The fourth-order valence-corrected chi connectivity index (χ4v) is 1.47. The minimum atomic E-state index is -0.256. The zero-order chi connectivity index (χ0) is 10.8. The van der Waals surface area contributed by atoms with Crippen LogP contribution in [-0.4, -0.2) is 33.0 Å². The van der Waals surface area contributed by atoms with E-state index < -0.39 is 0 Å². The summed E-state index contributed by atoms with van der Waals surface area (Å²) in [5.74, 6) is 0.335. The Hall–Kier alpha value is -1.95. The molecular weight excluding hydrogens is 198 g/mol. The summed E-state index contributed by atoms with van der Waals surface area (Å²) in [7, 11) is 1.47. The van der Waals surface area contributed by atoms with Crippen molar-refractivity contribution in [2.75, 3.05) is 7.11 Å². The first-order chi connectivity index (χ1) is 7.31. The molecular formula is C9H9N3O3. The number of aldehydes is 1. The molecule has 0 aliphatic heterocycles. The van der Waals surface area contributed by atoms with Crippen molar-refractivity contribution in [1.82, 2.24) is 14.5 Å². The number of aromatic nitrogens is 3. The summed E-state index contributed by atoms with van der Waals surface area (Å²) in [4.78, 5) is 18.6. The number of hydrogen-bond acceptors (Lipinski definition) is 5. The van der Waals surface area contributed by atoms with E-state index in [0.717, 1.165) is 0 Å². The smallest absolute Gasteiger partial charge is 0.241 e. The summed E-state index contributed by atoms with van der Waals surface area (Å²) >= 11 is 0. The molecule has 0 saturated carbocycles. The van der Waals surface area contributed by atoms with Crippen molar-refractivity contribution in [3.8, 4) is 5.88 Å². The second kappa shape index (κ2) is 3.66. The van der Waals surface area contributed by atoms with E-state index in [9.17, 15) is 4.79 Å². The van der Waals surface area contributed by atoms with Gasteiger partial charge in [-0.3, -0.25) is 4.79 Å². The molecule has 0 aliphatic carbocycles. The van der Waals surface area contributed by atoms with Crippen molar-refractivity contribution < 1.29 is 14.6 Å². The molecule has 0 amide bonds. The largest absolute Gasteiger partial charge is 0.479 e. The number of aliphatic hydroxyl groups is 1. The van der Waals surface area contributed by atoms with Crippen LogP contribution in [0.5, 0.6) is 5.88 Å². The highest BCUT2D eigenvalue weighted by molar-refractivity contribution is 5.96. The number of aliphatic hydroxyl groups excluding tert-OH is 1. The molecule has 0 radical (unpaired) electrons. The van der Waals surface area contributed by atoms with Crippen LogP contribution in [0.1, 0.15) is 10.4 Å². The molecule has 15 heavy (non-hydrogen) atoms. The highest BCUT2D eigenvalue weighted by Crippen LogP contribution is 2.24. The van der Waals surface area contributed by atoms with Gasteiger partial charge in [-0.1, -0.05) is 0 Å². The lowest BCUT2D eigenvalue weighted by molar-refractivity contribution is 0.112. The van der Waals surface area contributed by atoms with Gasteiger partial charge < -0.3 is 14.4 Å². The molecule has 2 heterocycles. The number of methoxy groups -OCH3 is 1. The van der Waals surface area contributed by atoms with E-state index in [4.69, 9.17) is 9.84 Å². The van der Waals surface area contributed by atoms with Crippen LogP contribution in [0.25, 0.3) is 11.0 Å². The third kappa shape index (κ3) is 1.35. The average Bonchev–Trinajstić information content (AvgIpc) is 2.66. The topological polar surface area (TPSA) is 77.2 Å². The zero-order valence-electron chi connectivity index (χ0n) is 8.04. The lowest BCUT2D eigenvalue weighted by Crippen LogP contribution is -1.98. The Kier molecular flexibility index (Phi) is 2.34. The lowest BCUT2D eigenvalue weighted by Gasteiger charge is -2.03. The molecule has 78 valence electrons. The first kappa shape index (κ1) is 9.60. The maximum atomic E-state index is 10.8. The van der Waals surface area contributed by atoms with Gasteiger partial charge in [-0.25, -0.2) is 4.98 Å². The third-order valence-corrected chi connectivity index (χ3v) is 2.12. The molecule has 1 N–H and O–H groups in total. The number of rotatable bonds is 3. The van der Waals surface area contributed by atoms with E-state index >= 15 is 0 Å². The number of hydrogen-bond donors (Lipinski definition) is 1. The molecule has 2 aromatic rings. The van der Waals surface area contributed by atoms with Gasteiger partial charge in [0.1, 0.15) is 24.1 Å². The van der Waals surface area contributed by atoms with Gasteiger partial charge in [0.2, 0.25) is 5.88 Å². The average molecular weight is 207 g/mol. The predicted molar refractivity (Wildman–Crippen MR) is 51.7 cm³/mol. The molecule has 0 aliphatic rings. The SMILES string of the molecule is COc1ncnc2c(C=O)cn(CO)c12. The number of nitrogens with zero attached hydrogens (tertiary/aromatic N) is 3. The molecule has 0 aromatic carbocycles. The summed E-state index contributed by atoms with van der Waals surface area (Å²) in [6.07, 6.45) is 3.51. The Labute approximate surface area is 85.1 Å². The summed E-state index contributed by atoms with van der Waals surface area (Å²) in [6.45, 7) is -0.256. The van der Waals surface area contributed by atoms with Gasteiger partial charge in [-0.05, 0) is 0 Å². The summed E-state index contributed by atoms with van der Waals surface area (Å²) in [6, 6.07) is 0. The van der Waals surface area contributed by atoms with Crippen LogP contribution in [0.15, 0.2) is 12.5 Å². The minimum Gasteiger partial charge on any atom is -0.479 e. The van der Waals surface area contributed by atoms with Crippen LogP contribution in [0.2, 0.25) is 0 Å². The molecule has 6 heteroatoms. The summed E-state index contributed by atoms with van der Waals surface area (Å²) in [5, 5.41) is 9.10. The maximum absolute atomic E-state index is 10.8. The molecule has 0 bridgehead atoms. The number of ether oxygens (including phenoxy) is 1. The third-order valence-electron chi connectivity index (χ3n) is 2.12. The normalized spacial score (nSPS) is 10.5. The fourth-order valence-electron chi connectivity index (χ4n) is 1.47. The second-order valence-corrected chi connectivity index (χ2v) is 2.89. The number of carbonyl (C=O) groups is 1. The number of fused-ring (bicyclic) bond motifs is 1. The van der Waals surface area contributed by atoms with Crippen molar-refractivity contribution in [1.29, 1.82) is 0 Å².